The first-order chi connectivity index (χ1) is 8.27. The second kappa shape index (κ2) is 4.93. The summed E-state index contributed by atoms with van der Waals surface area (Å²) >= 11 is 0. The largest absolute Gasteiger partial charge is 0.496 e. The molecule has 0 aliphatic heterocycles. The summed E-state index contributed by atoms with van der Waals surface area (Å²) in [6, 6.07) is 7.79. The van der Waals surface area contributed by atoms with Gasteiger partial charge in [-0.15, -0.1) is 0 Å². The lowest BCUT2D eigenvalue weighted by Gasteiger charge is -2.11. The van der Waals surface area contributed by atoms with Crippen LogP contribution in [0.4, 0.5) is 0 Å². The smallest absolute Gasteiger partial charge is 0.128 e. The minimum Gasteiger partial charge on any atom is -0.496 e. The molecule has 0 bridgehead atoms. The Hall–Kier alpha value is -1.94. The van der Waals surface area contributed by atoms with Crippen LogP contribution in [0.1, 0.15) is 11.3 Å². The number of methoxy groups -OCH3 is 1. The van der Waals surface area contributed by atoms with Gasteiger partial charge in [0.2, 0.25) is 0 Å². The second-order valence-electron chi connectivity index (χ2n) is 3.70. The molecule has 2 aromatic rings. The number of para-hydroxylation sites is 1. The summed E-state index contributed by atoms with van der Waals surface area (Å²) in [6.45, 7) is 2.39. The van der Waals surface area contributed by atoms with Gasteiger partial charge in [0, 0.05) is 12.1 Å². The molecule has 88 valence electrons. The van der Waals surface area contributed by atoms with E-state index in [1.807, 2.05) is 31.2 Å². The van der Waals surface area contributed by atoms with Gasteiger partial charge in [-0.1, -0.05) is 12.1 Å². The Balaban J connectivity index is 2.60. The number of hydrogen-bond acceptors (Lipinski definition) is 4. The molecule has 0 fully saturated rings. The van der Waals surface area contributed by atoms with E-state index in [4.69, 9.17) is 10.5 Å². The molecule has 0 radical (unpaired) electrons. The van der Waals surface area contributed by atoms with Crippen LogP contribution in [0, 0.1) is 6.92 Å². The molecule has 0 saturated carbocycles. The molecule has 0 unspecified atom stereocenters. The molecule has 0 saturated heterocycles. The van der Waals surface area contributed by atoms with Gasteiger partial charge < -0.3 is 10.5 Å². The van der Waals surface area contributed by atoms with Crippen LogP contribution >= 0.6 is 0 Å². The zero-order valence-electron chi connectivity index (χ0n) is 9.97. The van der Waals surface area contributed by atoms with Crippen molar-refractivity contribution in [3.63, 3.8) is 0 Å². The molecule has 4 nitrogen and oxygen atoms in total. The molecule has 1 heterocycles. The van der Waals surface area contributed by atoms with E-state index in [2.05, 4.69) is 9.97 Å². The van der Waals surface area contributed by atoms with Gasteiger partial charge in [-0.25, -0.2) is 9.97 Å². The predicted octanol–water partition coefficient (Wildman–Crippen LogP) is 1.92. The fraction of sp³-hybridized carbons (Fsp3) is 0.231. The summed E-state index contributed by atoms with van der Waals surface area (Å²) in [6.07, 6.45) is 1.54. The summed E-state index contributed by atoms with van der Waals surface area (Å²) in [5.41, 5.74) is 9.34. The van der Waals surface area contributed by atoms with Crippen molar-refractivity contribution in [1.82, 2.24) is 9.97 Å². The molecule has 2 N–H and O–H groups in total. The monoisotopic (exact) mass is 229 g/mol. The zero-order chi connectivity index (χ0) is 12.3. The van der Waals surface area contributed by atoms with Crippen LogP contribution in [0.15, 0.2) is 30.6 Å². The predicted molar refractivity (Wildman–Crippen MR) is 66.6 cm³/mol. The van der Waals surface area contributed by atoms with Crippen LogP contribution in [0.2, 0.25) is 0 Å². The highest BCUT2D eigenvalue weighted by Gasteiger charge is 2.11. The summed E-state index contributed by atoms with van der Waals surface area (Å²) in [4.78, 5) is 8.48. The van der Waals surface area contributed by atoms with E-state index in [9.17, 15) is 0 Å². The third kappa shape index (κ3) is 2.12. The number of aromatic nitrogens is 2. The molecule has 1 aromatic carbocycles. The Labute approximate surface area is 100 Å². The first-order valence-corrected chi connectivity index (χ1v) is 5.42. The molecule has 0 atom stereocenters. The number of benzene rings is 1. The summed E-state index contributed by atoms with van der Waals surface area (Å²) < 4.78 is 5.34. The van der Waals surface area contributed by atoms with Crippen molar-refractivity contribution in [2.45, 2.75) is 13.5 Å². The molecule has 2 rings (SSSR count). The average Bonchev–Trinajstić information content (AvgIpc) is 2.39. The topological polar surface area (TPSA) is 61.0 Å². The SMILES string of the molecule is COc1ccccc1-c1ncnc(CN)c1C. The van der Waals surface area contributed by atoms with E-state index in [1.165, 1.54) is 6.33 Å². The van der Waals surface area contributed by atoms with Gasteiger partial charge in [0.05, 0.1) is 18.5 Å². The molecule has 0 aliphatic rings. The Bertz CT molecular complexity index is 526. The summed E-state index contributed by atoms with van der Waals surface area (Å²) in [5.74, 6) is 0.803. The average molecular weight is 229 g/mol. The summed E-state index contributed by atoms with van der Waals surface area (Å²) in [7, 11) is 1.65. The second-order valence-corrected chi connectivity index (χ2v) is 3.70. The lowest BCUT2D eigenvalue weighted by Crippen LogP contribution is -2.05. The molecule has 17 heavy (non-hydrogen) atoms. The van der Waals surface area contributed by atoms with Crippen LogP contribution in [0.3, 0.4) is 0 Å². The van der Waals surface area contributed by atoms with E-state index < -0.39 is 0 Å². The van der Waals surface area contributed by atoms with E-state index in [1.54, 1.807) is 7.11 Å². The van der Waals surface area contributed by atoms with Crippen LogP contribution in [0.25, 0.3) is 11.3 Å². The van der Waals surface area contributed by atoms with Crippen molar-refractivity contribution < 1.29 is 4.74 Å². The molecular weight excluding hydrogens is 214 g/mol. The van der Waals surface area contributed by atoms with Crippen molar-refractivity contribution in [3.05, 3.63) is 41.9 Å². The van der Waals surface area contributed by atoms with Crippen LogP contribution in [-0.2, 0) is 6.54 Å². The van der Waals surface area contributed by atoms with Gasteiger partial charge in [0.1, 0.15) is 12.1 Å². The maximum Gasteiger partial charge on any atom is 0.128 e. The number of rotatable bonds is 3. The third-order valence-corrected chi connectivity index (χ3v) is 2.74. The fourth-order valence-electron chi connectivity index (χ4n) is 1.80. The van der Waals surface area contributed by atoms with Gasteiger partial charge in [-0.3, -0.25) is 0 Å². The Morgan fingerprint density at radius 1 is 1.24 bits per heavy atom. The van der Waals surface area contributed by atoms with Crippen molar-refractivity contribution in [1.29, 1.82) is 0 Å². The van der Waals surface area contributed by atoms with Crippen molar-refractivity contribution in [2.24, 2.45) is 5.73 Å². The highest BCUT2D eigenvalue weighted by atomic mass is 16.5. The number of hydrogen-bond donors (Lipinski definition) is 1. The first-order valence-electron chi connectivity index (χ1n) is 5.42. The molecule has 0 amide bonds. The molecule has 4 heteroatoms. The maximum atomic E-state index is 5.65. The lowest BCUT2D eigenvalue weighted by molar-refractivity contribution is 0.416. The number of nitrogens with two attached hydrogens (primary N) is 1. The summed E-state index contributed by atoms with van der Waals surface area (Å²) in [5, 5.41) is 0. The number of nitrogens with zero attached hydrogens (tertiary/aromatic N) is 2. The quantitative estimate of drug-likeness (QED) is 0.873. The van der Waals surface area contributed by atoms with E-state index in [0.29, 0.717) is 6.54 Å². The highest BCUT2D eigenvalue weighted by molar-refractivity contribution is 5.70. The van der Waals surface area contributed by atoms with E-state index in [0.717, 1.165) is 28.3 Å². The minimum atomic E-state index is 0.413. The highest BCUT2D eigenvalue weighted by Crippen LogP contribution is 2.30. The van der Waals surface area contributed by atoms with E-state index >= 15 is 0 Å². The zero-order valence-corrected chi connectivity index (χ0v) is 9.97. The van der Waals surface area contributed by atoms with Crippen LogP contribution in [-0.4, -0.2) is 17.1 Å². The molecule has 1 aromatic heterocycles. The van der Waals surface area contributed by atoms with Gasteiger partial charge >= 0.3 is 0 Å². The minimum absolute atomic E-state index is 0.413. The van der Waals surface area contributed by atoms with Gasteiger partial charge in [0.15, 0.2) is 0 Å². The van der Waals surface area contributed by atoms with Gasteiger partial charge in [0.25, 0.3) is 0 Å². The van der Waals surface area contributed by atoms with Crippen molar-refractivity contribution >= 4 is 0 Å². The first kappa shape index (κ1) is 11.5. The van der Waals surface area contributed by atoms with Crippen molar-refractivity contribution in [2.75, 3.05) is 7.11 Å². The van der Waals surface area contributed by atoms with Crippen LogP contribution in [0.5, 0.6) is 5.75 Å². The van der Waals surface area contributed by atoms with Crippen LogP contribution < -0.4 is 10.5 Å². The Kier molecular flexibility index (Phi) is 3.35. The third-order valence-electron chi connectivity index (χ3n) is 2.74. The molecule has 0 spiro atoms. The maximum absolute atomic E-state index is 5.65. The molecule has 0 aliphatic carbocycles. The van der Waals surface area contributed by atoms with E-state index in [-0.39, 0.29) is 0 Å². The van der Waals surface area contributed by atoms with Gasteiger partial charge in [-0.05, 0) is 24.6 Å². The molecular formula is C13H15N3O. The van der Waals surface area contributed by atoms with Gasteiger partial charge in [-0.2, -0.15) is 0 Å². The number of ether oxygens (including phenoxy) is 1. The fourth-order valence-corrected chi connectivity index (χ4v) is 1.80. The standard InChI is InChI=1S/C13H15N3O/c1-9-11(7-14)15-8-16-13(9)10-5-3-4-6-12(10)17-2/h3-6,8H,7,14H2,1-2H3. The normalized spacial score (nSPS) is 10.3. The Morgan fingerprint density at radius 3 is 2.71 bits per heavy atom. The Morgan fingerprint density at radius 2 is 2.00 bits per heavy atom. The lowest BCUT2D eigenvalue weighted by atomic mass is 10.0. The van der Waals surface area contributed by atoms with Crippen molar-refractivity contribution in [3.8, 4) is 17.0 Å².